The lowest BCUT2D eigenvalue weighted by molar-refractivity contribution is -0.159. The molecule has 28 heavy (non-hydrogen) atoms. The molecular weight excluding hydrogens is 392 g/mol. The molecule has 1 amide bonds. The van der Waals surface area contributed by atoms with Gasteiger partial charge in [0.05, 0.1) is 5.41 Å². The van der Waals surface area contributed by atoms with Gasteiger partial charge in [-0.3, -0.25) is 4.79 Å². The number of nitrogens with zero attached hydrogens (tertiary/aromatic N) is 1. The van der Waals surface area contributed by atoms with E-state index in [1.807, 2.05) is 0 Å². The zero-order chi connectivity index (χ0) is 19.4. The number of carbonyl (C=O) groups excluding carboxylic acids is 1. The second-order valence-corrected chi connectivity index (χ2v) is 12.7. The Morgan fingerprint density at radius 3 is 2.46 bits per heavy atom. The predicted molar refractivity (Wildman–Crippen MR) is 109 cm³/mol. The number of hydrogen-bond acceptors (Lipinski definition) is 4. The number of sulfonamides is 1. The lowest BCUT2D eigenvalue weighted by Gasteiger charge is -2.57. The van der Waals surface area contributed by atoms with Gasteiger partial charge in [0.2, 0.25) is 15.9 Å². The van der Waals surface area contributed by atoms with Crippen molar-refractivity contribution in [1.29, 1.82) is 0 Å². The summed E-state index contributed by atoms with van der Waals surface area (Å²) in [5.74, 6) is 2.91. The molecule has 1 aromatic rings. The second-order valence-electron chi connectivity index (χ2n) is 9.74. The van der Waals surface area contributed by atoms with Gasteiger partial charge in [0, 0.05) is 19.6 Å². The van der Waals surface area contributed by atoms with Crippen LogP contribution in [0.2, 0.25) is 0 Å². The first-order valence-corrected chi connectivity index (χ1v) is 13.1. The molecule has 1 aromatic heterocycles. The van der Waals surface area contributed by atoms with E-state index in [0.29, 0.717) is 23.2 Å². The number of rotatable bonds is 5. The van der Waals surface area contributed by atoms with Crippen LogP contribution < -0.4 is 4.72 Å². The van der Waals surface area contributed by atoms with Crippen LogP contribution in [0.15, 0.2) is 21.7 Å². The maximum absolute atomic E-state index is 13.6. The first-order valence-electron chi connectivity index (χ1n) is 10.8. The molecule has 0 aromatic carbocycles. The highest BCUT2D eigenvalue weighted by molar-refractivity contribution is 7.91. The third-order valence-corrected chi connectivity index (χ3v) is 10.4. The van der Waals surface area contributed by atoms with Crippen LogP contribution in [0.4, 0.5) is 0 Å². The number of amides is 1. The summed E-state index contributed by atoms with van der Waals surface area (Å²) in [7, 11) is -3.43. The third kappa shape index (κ3) is 3.43. The highest BCUT2D eigenvalue weighted by atomic mass is 32.2. The summed E-state index contributed by atoms with van der Waals surface area (Å²) in [6.07, 6.45) is 9.30. The van der Waals surface area contributed by atoms with Crippen molar-refractivity contribution in [2.75, 3.05) is 19.6 Å². The minimum atomic E-state index is -3.43. The second kappa shape index (κ2) is 7.10. The monoisotopic (exact) mass is 422 g/mol. The molecule has 0 spiro atoms. The molecule has 1 N–H and O–H groups in total. The Morgan fingerprint density at radius 2 is 1.86 bits per heavy atom. The smallest absolute Gasteiger partial charge is 0.250 e. The number of likely N-dealkylation sites (tertiary alicyclic amines) is 1. The Balaban J connectivity index is 1.23. The fourth-order valence-electron chi connectivity index (χ4n) is 6.84. The van der Waals surface area contributed by atoms with Crippen molar-refractivity contribution in [1.82, 2.24) is 9.62 Å². The van der Waals surface area contributed by atoms with Gasteiger partial charge in [0.15, 0.2) is 0 Å². The fraction of sp³-hybridized carbons (Fsp3) is 0.762. The lowest BCUT2D eigenvalue weighted by atomic mass is 9.49. The Hall–Kier alpha value is -0.920. The van der Waals surface area contributed by atoms with Crippen molar-refractivity contribution in [3.8, 4) is 0 Å². The topological polar surface area (TPSA) is 66.5 Å². The molecule has 0 unspecified atom stereocenters. The fourth-order valence-corrected chi connectivity index (χ4v) is 8.99. The Bertz CT molecular complexity index is 799. The molecule has 6 rings (SSSR count). The van der Waals surface area contributed by atoms with Gasteiger partial charge in [0.25, 0.3) is 0 Å². The van der Waals surface area contributed by atoms with Gasteiger partial charge in [-0.1, -0.05) is 6.07 Å². The highest BCUT2D eigenvalue weighted by Crippen LogP contribution is 2.60. The summed E-state index contributed by atoms with van der Waals surface area (Å²) >= 11 is 1.24. The molecule has 5 fully saturated rings. The van der Waals surface area contributed by atoms with E-state index in [4.69, 9.17) is 0 Å². The van der Waals surface area contributed by atoms with E-state index < -0.39 is 10.0 Å². The predicted octanol–water partition coefficient (Wildman–Crippen LogP) is 3.48. The van der Waals surface area contributed by atoms with Gasteiger partial charge in [-0.15, -0.1) is 11.3 Å². The number of hydrogen-bond donors (Lipinski definition) is 1. The van der Waals surface area contributed by atoms with E-state index in [2.05, 4.69) is 9.62 Å². The minimum absolute atomic E-state index is 0.0902. The summed E-state index contributed by atoms with van der Waals surface area (Å²) in [5.41, 5.74) is -0.0902. The molecule has 1 atom stereocenters. The van der Waals surface area contributed by atoms with Crippen LogP contribution in [0.5, 0.6) is 0 Å². The summed E-state index contributed by atoms with van der Waals surface area (Å²) in [6, 6.07) is 3.39. The van der Waals surface area contributed by atoms with E-state index in [9.17, 15) is 13.2 Å². The average Bonchev–Trinajstić information content (AvgIpc) is 3.21. The van der Waals surface area contributed by atoms with Crippen LogP contribution in [-0.4, -0.2) is 38.9 Å². The lowest BCUT2D eigenvalue weighted by Crippen LogP contribution is -2.56. The van der Waals surface area contributed by atoms with Crippen LogP contribution >= 0.6 is 11.3 Å². The van der Waals surface area contributed by atoms with Crippen molar-refractivity contribution in [3.63, 3.8) is 0 Å². The van der Waals surface area contributed by atoms with Gasteiger partial charge in [-0.05, 0) is 86.5 Å². The van der Waals surface area contributed by atoms with Crippen LogP contribution in [0, 0.1) is 29.1 Å². The summed E-state index contributed by atoms with van der Waals surface area (Å²) < 4.78 is 27.9. The van der Waals surface area contributed by atoms with E-state index in [1.165, 1.54) is 30.6 Å². The number of carbonyl (C=O) groups is 1. The maximum Gasteiger partial charge on any atom is 0.250 e. The molecular formula is C21H30N2O3S2. The molecule has 1 saturated heterocycles. The Kier molecular flexibility index (Phi) is 4.83. The van der Waals surface area contributed by atoms with E-state index in [1.54, 1.807) is 17.5 Å². The molecule has 5 aliphatic rings. The van der Waals surface area contributed by atoms with Crippen molar-refractivity contribution in [2.24, 2.45) is 29.1 Å². The molecule has 4 aliphatic carbocycles. The highest BCUT2D eigenvalue weighted by Gasteiger charge is 2.55. The molecule has 7 heteroatoms. The number of thiophene rings is 1. The molecule has 1 aliphatic heterocycles. The van der Waals surface area contributed by atoms with E-state index in [-0.39, 0.29) is 11.3 Å². The average molecular weight is 423 g/mol. The Labute approximate surface area is 171 Å². The van der Waals surface area contributed by atoms with Gasteiger partial charge < -0.3 is 4.90 Å². The molecule has 5 nitrogen and oxygen atoms in total. The van der Waals surface area contributed by atoms with Gasteiger partial charge >= 0.3 is 0 Å². The summed E-state index contributed by atoms with van der Waals surface area (Å²) in [6.45, 7) is 1.97. The van der Waals surface area contributed by atoms with Crippen molar-refractivity contribution in [3.05, 3.63) is 17.5 Å². The van der Waals surface area contributed by atoms with Gasteiger partial charge in [-0.25, -0.2) is 13.1 Å². The normalized spacial score (nSPS) is 37.4. The first-order chi connectivity index (χ1) is 13.4. The van der Waals surface area contributed by atoms with E-state index >= 15 is 0 Å². The minimum Gasteiger partial charge on any atom is -0.342 e. The zero-order valence-corrected chi connectivity index (χ0v) is 17.9. The molecule has 4 saturated carbocycles. The summed E-state index contributed by atoms with van der Waals surface area (Å²) in [4.78, 5) is 15.7. The van der Waals surface area contributed by atoms with Crippen molar-refractivity contribution < 1.29 is 13.2 Å². The van der Waals surface area contributed by atoms with Crippen molar-refractivity contribution in [2.45, 2.75) is 55.6 Å². The quantitative estimate of drug-likeness (QED) is 0.790. The van der Waals surface area contributed by atoms with E-state index in [0.717, 1.165) is 56.4 Å². The van der Waals surface area contributed by atoms with Gasteiger partial charge in [0.1, 0.15) is 4.21 Å². The first kappa shape index (κ1) is 19.1. The Morgan fingerprint density at radius 1 is 1.18 bits per heavy atom. The molecule has 0 radical (unpaired) electrons. The number of piperidine rings is 1. The number of nitrogens with one attached hydrogen (secondary N) is 1. The van der Waals surface area contributed by atoms with Gasteiger partial charge in [-0.2, -0.15) is 0 Å². The molecule has 4 bridgehead atoms. The molecule has 2 heterocycles. The maximum atomic E-state index is 13.6. The van der Waals surface area contributed by atoms with Crippen LogP contribution in [0.3, 0.4) is 0 Å². The largest absolute Gasteiger partial charge is 0.342 e. The SMILES string of the molecule is O=C(N1CCC[C@@H](CNS(=O)(=O)c2cccs2)C1)C12CC3CC(CC(C3)C1)C2. The van der Waals surface area contributed by atoms with Crippen LogP contribution in [0.25, 0.3) is 0 Å². The van der Waals surface area contributed by atoms with Crippen LogP contribution in [0.1, 0.15) is 51.4 Å². The zero-order valence-electron chi connectivity index (χ0n) is 16.3. The standard InChI is InChI=1S/C21H30N2O3S2/c24-20(21-10-16-7-17(11-21)9-18(8-16)12-21)23-5-1-3-15(14-23)13-22-28(25,26)19-4-2-6-27-19/h2,4,6,15-18,22H,1,3,5,7-14H2/t15-,16?,17?,18?,21?/m0/s1. The molecule has 154 valence electrons. The van der Waals surface area contributed by atoms with Crippen molar-refractivity contribution >= 4 is 27.3 Å². The summed E-state index contributed by atoms with van der Waals surface area (Å²) in [5, 5.41) is 1.78. The van der Waals surface area contributed by atoms with Crippen LogP contribution in [-0.2, 0) is 14.8 Å². The third-order valence-electron chi connectivity index (χ3n) is 7.62.